The highest BCUT2D eigenvalue weighted by Gasteiger charge is 2.32. The van der Waals surface area contributed by atoms with Gasteiger partial charge in [0.05, 0.1) is 17.0 Å². The lowest BCUT2D eigenvalue weighted by Crippen LogP contribution is -2.53. The van der Waals surface area contributed by atoms with Gasteiger partial charge in [0, 0.05) is 12.6 Å². The van der Waals surface area contributed by atoms with Crippen molar-refractivity contribution in [3.05, 3.63) is 64.4 Å². The minimum atomic E-state index is -3.93. The molecule has 0 aliphatic heterocycles. The van der Waals surface area contributed by atoms with E-state index in [1.54, 1.807) is 6.92 Å². The first-order valence-electron chi connectivity index (χ1n) is 11.5. The number of halogens is 2. The lowest BCUT2D eigenvalue weighted by atomic mass is 10.1. The SMILES string of the molecule is CC[C@H](C(=O)N[C@@H](C)CC)N(Cc1ccc(C)cc1)C(=O)CN(c1ccc(F)c(Cl)c1)S(C)(=O)=O. The topological polar surface area (TPSA) is 86.8 Å². The molecule has 35 heavy (non-hydrogen) atoms. The van der Waals surface area contributed by atoms with Crippen LogP contribution in [0.4, 0.5) is 10.1 Å². The molecule has 0 aliphatic carbocycles. The molecule has 0 saturated heterocycles. The Bertz CT molecular complexity index is 1140. The van der Waals surface area contributed by atoms with Crippen LogP contribution in [0.1, 0.15) is 44.7 Å². The standard InChI is InChI=1S/C25H33ClFN3O4S/c1-6-18(4)28-25(32)23(7-2)29(15-19-10-8-17(3)9-11-19)24(31)16-30(35(5,33)34)20-12-13-22(27)21(26)14-20/h8-14,18,23H,6-7,15-16H2,1-5H3,(H,28,32)/t18-,23+/m0/s1. The molecule has 0 saturated carbocycles. The molecule has 192 valence electrons. The van der Waals surface area contributed by atoms with Gasteiger partial charge in [0.25, 0.3) is 0 Å². The highest BCUT2D eigenvalue weighted by Crippen LogP contribution is 2.25. The molecular formula is C25H33ClFN3O4S. The molecule has 2 amide bonds. The van der Waals surface area contributed by atoms with Crippen molar-refractivity contribution >= 4 is 39.1 Å². The van der Waals surface area contributed by atoms with Gasteiger partial charge in [-0.1, -0.05) is 55.3 Å². The number of aryl methyl sites for hydroxylation is 1. The van der Waals surface area contributed by atoms with E-state index in [2.05, 4.69) is 5.32 Å². The van der Waals surface area contributed by atoms with Crippen molar-refractivity contribution in [3.8, 4) is 0 Å². The molecular weight excluding hydrogens is 493 g/mol. The zero-order valence-corrected chi connectivity index (χ0v) is 22.3. The molecule has 0 radical (unpaired) electrons. The Morgan fingerprint density at radius 3 is 2.23 bits per heavy atom. The Labute approximate surface area is 212 Å². The molecule has 2 atom stereocenters. The molecule has 0 aliphatic rings. The van der Waals surface area contributed by atoms with Gasteiger partial charge < -0.3 is 10.2 Å². The summed E-state index contributed by atoms with van der Waals surface area (Å²) in [6, 6.07) is 10.1. The molecule has 0 spiro atoms. The summed E-state index contributed by atoms with van der Waals surface area (Å²) in [4.78, 5) is 28.1. The third-order valence-corrected chi connectivity index (χ3v) is 7.16. The van der Waals surface area contributed by atoms with E-state index in [1.165, 1.54) is 11.0 Å². The van der Waals surface area contributed by atoms with E-state index in [1.807, 2.05) is 45.0 Å². The van der Waals surface area contributed by atoms with Crippen molar-refractivity contribution in [1.29, 1.82) is 0 Å². The first-order chi connectivity index (χ1) is 16.4. The fraction of sp³-hybridized carbons (Fsp3) is 0.440. The number of carbonyl (C=O) groups is 2. The molecule has 10 heteroatoms. The molecule has 2 rings (SSSR count). The van der Waals surface area contributed by atoms with Crippen molar-refractivity contribution in [2.45, 2.75) is 59.2 Å². The number of hydrogen-bond acceptors (Lipinski definition) is 4. The number of anilines is 1. The van der Waals surface area contributed by atoms with Crippen molar-refractivity contribution in [1.82, 2.24) is 10.2 Å². The highest BCUT2D eigenvalue weighted by atomic mass is 35.5. The summed E-state index contributed by atoms with van der Waals surface area (Å²) in [6.45, 7) is 7.11. The number of benzene rings is 2. The number of hydrogen-bond donors (Lipinski definition) is 1. The van der Waals surface area contributed by atoms with Crippen molar-refractivity contribution in [2.75, 3.05) is 17.1 Å². The second kappa shape index (κ2) is 12.4. The average molecular weight is 526 g/mol. The van der Waals surface area contributed by atoms with Crippen LogP contribution in [0.15, 0.2) is 42.5 Å². The zero-order valence-electron chi connectivity index (χ0n) is 20.7. The van der Waals surface area contributed by atoms with Crippen LogP contribution in [0.25, 0.3) is 0 Å². The van der Waals surface area contributed by atoms with Crippen LogP contribution in [-0.2, 0) is 26.2 Å². The highest BCUT2D eigenvalue weighted by molar-refractivity contribution is 7.92. The van der Waals surface area contributed by atoms with Crippen LogP contribution in [0.5, 0.6) is 0 Å². The normalized spacial score (nSPS) is 13.1. The first-order valence-corrected chi connectivity index (χ1v) is 13.7. The summed E-state index contributed by atoms with van der Waals surface area (Å²) < 4.78 is 39.7. The molecule has 1 N–H and O–H groups in total. The Balaban J connectivity index is 2.45. The minimum absolute atomic E-state index is 0.0552. The van der Waals surface area contributed by atoms with E-state index in [4.69, 9.17) is 11.6 Å². The Kier molecular flexibility index (Phi) is 10.1. The van der Waals surface area contributed by atoms with Gasteiger partial charge in [0.1, 0.15) is 18.4 Å². The van der Waals surface area contributed by atoms with Gasteiger partial charge in [-0.3, -0.25) is 13.9 Å². The smallest absolute Gasteiger partial charge is 0.244 e. The van der Waals surface area contributed by atoms with Crippen LogP contribution in [0.3, 0.4) is 0 Å². The van der Waals surface area contributed by atoms with Crippen LogP contribution in [0.2, 0.25) is 5.02 Å². The second-order valence-corrected chi connectivity index (χ2v) is 10.9. The molecule has 2 aromatic rings. The Morgan fingerprint density at radius 1 is 1.09 bits per heavy atom. The van der Waals surface area contributed by atoms with E-state index in [0.29, 0.717) is 6.42 Å². The number of rotatable bonds is 11. The van der Waals surface area contributed by atoms with Crippen LogP contribution < -0.4 is 9.62 Å². The summed E-state index contributed by atoms with van der Waals surface area (Å²) in [5.74, 6) is -1.58. The summed E-state index contributed by atoms with van der Waals surface area (Å²) in [6.07, 6.45) is 2.01. The van der Waals surface area contributed by atoms with Gasteiger partial charge >= 0.3 is 0 Å². The first kappa shape index (κ1) is 28.6. The summed E-state index contributed by atoms with van der Waals surface area (Å²) in [5, 5.41) is 2.65. The number of amides is 2. The second-order valence-electron chi connectivity index (χ2n) is 8.62. The van der Waals surface area contributed by atoms with Crippen LogP contribution >= 0.6 is 11.6 Å². The third kappa shape index (κ3) is 7.93. The maximum Gasteiger partial charge on any atom is 0.244 e. The third-order valence-electron chi connectivity index (χ3n) is 5.73. The molecule has 0 aromatic heterocycles. The summed E-state index contributed by atoms with van der Waals surface area (Å²) >= 11 is 5.86. The molecule has 0 fully saturated rings. The largest absolute Gasteiger partial charge is 0.352 e. The van der Waals surface area contributed by atoms with Gasteiger partial charge in [-0.15, -0.1) is 0 Å². The van der Waals surface area contributed by atoms with E-state index >= 15 is 0 Å². The maximum absolute atomic E-state index is 13.7. The predicted octanol–water partition coefficient (Wildman–Crippen LogP) is 4.28. The number of sulfonamides is 1. The minimum Gasteiger partial charge on any atom is -0.352 e. The molecule has 0 heterocycles. The van der Waals surface area contributed by atoms with E-state index in [-0.39, 0.29) is 29.2 Å². The Hall–Kier alpha value is -2.65. The van der Waals surface area contributed by atoms with Gasteiger partial charge in [0.2, 0.25) is 21.8 Å². The van der Waals surface area contributed by atoms with Crippen LogP contribution in [0, 0.1) is 12.7 Å². The maximum atomic E-state index is 13.7. The molecule has 2 aromatic carbocycles. The fourth-order valence-corrected chi connectivity index (χ4v) is 4.52. The number of carbonyl (C=O) groups excluding carboxylic acids is 2. The number of nitrogens with zero attached hydrogens (tertiary/aromatic N) is 2. The lowest BCUT2D eigenvalue weighted by molar-refractivity contribution is -0.140. The average Bonchev–Trinajstić information content (AvgIpc) is 2.79. The Morgan fingerprint density at radius 2 is 1.71 bits per heavy atom. The van der Waals surface area contributed by atoms with Crippen LogP contribution in [-0.4, -0.2) is 50.0 Å². The molecule has 0 unspecified atom stereocenters. The molecule has 0 bridgehead atoms. The van der Waals surface area contributed by atoms with Crippen molar-refractivity contribution in [2.24, 2.45) is 0 Å². The lowest BCUT2D eigenvalue weighted by Gasteiger charge is -2.33. The van der Waals surface area contributed by atoms with Gasteiger partial charge in [-0.05, 0) is 50.5 Å². The quantitative estimate of drug-likeness (QED) is 0.474. The predicted molar refractivity (Wildman–Crippen MR) is 137 cm³/mol. The fourth-order valence-electron chi connectivity index (χ4n) is 3.50. The summed E-state index contributed by atoms with van der Waals surface area (Å²) in [7, 11) is -3.93. The monoisotopic (exact) mass is 525 g/mol. The van der Waals surface area contributed by atoms with E-state index < -0.39 is 34.3 Å². The van der Waals surface area contributed by atoms with Gasteiger partial charge in [0.15, 0.2) is 0 Å². The van der Waals surface area contributed by atoms with Gasteiger partial charge in [-0.25, -0.2) is 12.8 Å². The van der Waals surface area contributed by atoms with E-state index in [0.717, 1.165) is 40.2 Å². The number of nitrogens with one attached hydrogen (secondary N) is 1. The zero-order chi connectivity index (χ0) is 26.3. The van der Waals surface area contributed by atoms with E-state index in [9.17, 15) is 22.4 Å². The van der Waals surface area contributed by atoms with Crippen molar-refractivity contribution < 1.29 is 22.4 Å². The van der Waals surface area contributed by atoms with Gasteiger partial charge in [-0.2, -0.15) is 0 Å². The molecule has 7 nitrogen and oxygen atoms in total. The van der Waals surface area contributed by atoms with Crippen molar-refractivity contribution in [3.63, 3.8) is 0 Å². The summed E-state index contributed by atoms with van der Waals surface area (Å²) in [5.41, 5.74) is 1.90.